The monoisotopic (exact) mass is 324 g/mol. The van der Waals surface area contributed by atoms with Crippen molar-refractivity contribution in [1.29, 1.82) is 0 Å². The van der Waals surface area contributed by atoms with E-state index in [2.05, 4.69) is 11.7 Å². The van der Waals surface area contributed by atoms with E-state index in [1.165, 1.54) is 58.5 Å². The van der Waals surface area contributed by atoms with Crippen molar-refractivity contribution in [2.45, 2.75) is 96.8 Å². The molecule has 0 aromatic heterocycles. The van der Waals surface area contributed by atoms with Gasteiger partial charge in [0.15, 0.2) is 0 Å². The van der Waals surface area contributed by atoms with Gasteiger partial charge in [0.05, 0.1) is 7.11 Å². The SMILES string of the molecule is CCCCCCCC(=O)[C@H]1C[C@H]1CCCCCCCC(=O)OC. The van der Waals surface area contributed by atoms with E-state index in [0.29, 0.717) is 24.0 Å². The van der Waals surface area contributed by atoms with Crippen LogP contribution in [0.1, 0.15) is 96.8 Å². The van der Waals surface area contributed by atoms with Crippen LogP contribution in [0.2, 0.25) is 0 Å². The van der Waals surface area contributed by atoms with E-state index in [-0.39, 0.29) is 5.97 Å². The van der Waals surface area contributed by atoms with Gasteiger partial charge in [0, 0.05) is 18.8 Å². The normalized spacial score (nSPS) is 19.6. The Morgan fingerprint density at radius 1 is 0.870 bits per heavy atom. The standard InChI is InChI=1S/C20H36O3/c1-3-4-5-7-11-14-19(21)18-16-17(18)13-10-8-6-9-12-15-20(22)23-2/h17-18H,3-16H2,1-2H3/t17-,18+/m1/s1. The molecule has 0 radical (unpaired) electrons. The van der Waals surface area contributed by atoms with Gasteiger partial charge in [-0.3, -0.25) is 9.59 Å². The zero-order chi connectivity index (χ0) is 16.9. The summed E-state index contributed by atoms with van der Waals surface area (Å²) in [4.78, 5) is 23.0. The van der Waals surface area contributed by atoms with Crippen LogP contribution in [0.4, 0.5) is 0 Å². The number of ether oxygens (including phenoxy) is 1. The highest BCUT2D eigenvalue weighted by Crippen LogP contribution is 2.44. The third kappa shape index (κ3) is 9.78. The van der Waals surface area contributed by atoms with Crippen LogP contribution in [0.15, 0.2) is 0 Å². The van der Waals surface area contributed by atoms with Gasteiger partial charge in [0.1, 0.15) is 5.78 Å². The highest BCUT2D eigenvalue weighted by molar-refractivity contribution is 5.83. The van der Waals surface area contributed by atoms with Crippen molar-refractivity contribution in [2.75, 3.05) is 7.11 Å². The summed E-state index contributed by atoms with van der Waals surface area (Å²) in [5.41, 5.74) is 0. The Morgan fingerprint density at radius 2 is 1.48 bits per heavy atom. The molecule has 0 unspecified atom stereocenters. The molecule has 0 amide bonds. The second kappa shape index (κ2) is 12.5. The lowest BCUT2D eigenvalue weighted by Crippen LogP contribution is -2.02. The van der Waals surface area contributed by atoms with Crippen LogP contribution in [0.25, 0.3) is 0 Å². The van der Waals surface area contributed by atoms with Crippen molar-refractivity contribution in [2.24, 2.45) is 11.8 Å². The minimum atomic E-state index is -0.0981. The van der Waals surface area contributed by atoms with Gasteiger partial charge in [0.25, 0.3) is 0 Å². The summed E-state index contributed by atoms with van der Waals surface area (Å²) in [6.45, 7) is 2.22. The fourth-order valence-corrected chi connectivity index (χ4v) is 3.36. The first-order valence-corrected chi connectivity index (χ1v) is 9.78. The summed E-state index contributed by atoms with van der Waals surface area (Å²) >= 11 is 0. The molecule has 0 saturated heterocycles. The Balaban J connectivity index is 1.88. The smallest absolute Gasteiger partial charge is 0.305 e. The zero-order valence-electron chi connectivity index (χ0n) is 15.3. The van der Waals surface area contributed by atoms with E-state index in [9.17, 15) is 9.59 Å². The Hall–Kier alpha value is -0.860. The predicted octanol–water partition coefficient (Wildman–Crippen LogP) is 5.46. The maximum atomic E-state index is 12.1. The molecule has 23 heavy (non-hydrogen) atoms. The molecule has 0 spiro atoms. The first-order chi connectivity index (χ1) is 11.2. The van der Waals surface area contributed by atoms with Crippen LogP contribution >= 0.6 is 0 Å². The van der Waals surface area contributed by atoms with E-state index in [0.717, 1.165) is 32.1 Å². The number of unbranched alkanes of at least 4 members (excludes halogenated alkanes) is 8. The second-order valence-corrected chi connectivity index (χ2v) is 7.12. The van der Waals surface area contributed by atoms with Gasteiger partial charge in [0.2, 0.25) is 0 Å². The third-order valence-electron chi connectivity index (χ3n) is 5.05. The molecule has 2 atom stereocenters. The molecule has 1 aliphatic carbocycles. The number of carbonyl (C=O) groups is 2. The van der Waals surface area contributed by atoms with Gasteiger partial charge >= 0.3 is 5.97 Å². The second-order valence-electron chi connectivity index (χ2n) is 7.12. The molecule has 0 bridgehead atoms. The number of carbonyl (C=O) groups excluding carboxylic acids is 2. The van der Waals surface area contributed by atoms with Gasteiger partial charge in [-0.25, -0.2) is 0 Å². The summed E-state index contributed by atoms with van der Waals surface area (Å²) in [6.07, 6.45) is 15.6. The Bertz CT molecular complexity index is 338. The topological polar surface area (TPSA) is 43.4 Å². The number of hydrogen-bond donors (Lipinski definition) is 0. The Morgan fingerprint density at radius 3 is 2.17 bits per heavy atom. The number of Topliss-reactive ketones (excluding diaryl/α,β-unsaturated/α-hetero) is 1. The minimum absolute atomic E-state index is 0.0981. The molecule has 1 saturated carbocycles. The molecule has 0 N–H and O–H groups in total. The quantitative estimate of drug-likeness (QED) is 0.297. The molecule has 0 aromatic carbocycles. The summed E-state index contributed by atoms with van der Waals surface area (Å²) in [7, 11) is 1.45. The number of methoxy groups -OCH3 is 1. The largest absolute Gasteiger partial charge is 0.469 e. The fourth-order valence-electron chi connectivity index (χ4n) is 3.36. The Labute approximate surface area is 142 Å². The molecule has 0 aromatic rings. The molecule has 3 nitrogen and oxygen atoms in total. The summed E-state index contributed by atoms with van der Waals surface area (Å²) < 4.78 is 4.63. The maximum Gasteiger partial charge on any atom is 0.305 e. The Kier molecular flexibility index (Phi) is 11.0. The third-order valence-corrected chi connectivity index (χ3v) is 5.05. The molecule has 0 aliphatic heterocycles. The number of rotatable bonds is 15. The fraction of sp³-hybridized carbons (Fsp3) is 0.900. The highest BCUT2D eigenvalue weighted by atomic mass is 16.5. The van der Waals surface area contributed by atoms with Crippen molar-refractivity contribution in [3.63, 3.8) is 0 Å². The maximum absolute atomic E-state index is 12.1. The molecular formula is C20H36O3. The number of hydrogen-bond acceptors (Lipinski definition) is 3. The number of esters is 1. The van der Waals surface area contributed by atoms with Crippen LogP contribution < -0.4 is 0 Å². The van der Waals surface area contributed by atoms with E-state index >= 15 is 0 Å². The van der Waals surface area contributed by atoms with Crippen LogP contribution in [0.3, 0.4) is 0 Å². The van der Waals surface area contributed by atoms with Gasteiger partial charge in [-0.15, -0.1) is 0 Å². The van der Waals surface area contributed by atoms with E-state index in [1.54, 1.807) is 0 Å². The first-order valence-electron chi connectivity index (χ1n) is 9.78. The minimum Gasteiger partial charge on any atom is -0.469 e. The van der Waals surface area contributed by atoms with Gasteiger partial charge in [-0.2, -0.15) is 0 Å². The lowest BCUT2D eigenvalue weighted by Gasteiger charge is -2.03. The van der Waals surface area contributed by atoms with Crippen LogP contribution in [0.5, 0.6) is 0 Å². The average Bonchev–Trinajstić information content (AvgIpc) is 3.33. The van der Waals surface area contributed by atoms with Crippen molar-refractivity contribution in [3.05, 3.63) is 0 Å². The van der Waals surface area contributed by atoms with Crippen molar-refractivity contribution in [1.82, 2.24) is 0 Å². The van der Waals surface area contributed by atoms with E-state index < -0.39 is 0 Å². The highest BCUT2D eigenvalue weighted by Gasteiger charge is 2.40. The summed E-state index contributed by atoms with van der Waals surface area (Å²) in [6, 6.07) is 0. The summed E-state index contributed by atoms with van der Waals surface area (Å²) in [5.74, 6) is 1.53. The first kappa shape index (κ1) is 20.2. The molecule has 0 heterocycles. The van der Waals surface area contributed by atoms with Crippen molar-refractivity contribution < 1.29 is 14.3 Å². The zero-order valence-corrected chi connectivity index (χ0v) is 15.3. The molecule has 1 rings (SSSR count). The molecule has 134 valence electrons. The lowest BCUT2D eigenvalue weighted by molar-refractivity contribution is -0.140. The van der Waals surface area contributed by atoms with Gasteiger partial charge in [-0.05, 0) is 31.6 Å². The van der Waals surface area contributed by atoms with E-state index in [4.69, 9.17) is 0 Å². The van der Waals surface area contributed by atoms with Crippen LogP contribution in [-0.2, 0) is 14.3 Å². The van der Waals surface area contributed by atoms with Crippen LogP contribution in [-0.4, -0.2) is 18.9 Å². The van der Waals surface area contributed by atoms with Gasteiger partial charge in [-0.1, -0.05) is 58.3 Å². The van der Waals surface area contributed by atoms with Crippen LogP contribution in [0, 0.1) is 11.8 Å². The van der Waals surface area contributed by atoms with Gasteiger partial charge < -0.3 is 4.74 Å². The van der Waals surface area contributed by atoms with E-state index in [1.807, 2.05) is 0 Å². The van der Waals surface area contributed by atoms with Crippen molar-refractivity contribution >= 4 is 11.8 Å². The predicted molar refractivity (Wildman–Crippen MR) is 94.3 cm³/mol. The lowest BCUT2D eigenvalue weighted by atomic mass is 10.0. The molecule has 1 aliphatic rings. The van der Waals surface area contributed by atoms with Crippen molar-refractivity contribution in [3.8, 4) is 0 Å². The molecule has 1 fully saturated rings. The molecular weight excluding hydrogens is 288 g/mol. The molecule has 3 heteroatoms. The average molecular weight is 325 g/mol. The number of ketones is 1. The summed E-state index contributed by atoms with van der Waals surface area (Å²) in [5, 5.41) is 0.